The van der Waals surface area contributed by atoms with Crippen LogP contribution in [0.25, 0.3) is 0 Å². The van der Waals surface area contributed by atoms with Gasteiger partial charge in [0.25, 0.3) is 0 Å². The van der Waals surface area contributed by atoms with Crippen molar-refractivity contribution in [2.75, 3.05) is 25.0 Å². The maximum atomic E-state index is 14.7. The Bertz CT molecular complexity index is 2010. The molecule has 6 rings (SSSR count). The van der Waals surface area contributed by atoms with Crippen molar-refractivity contribution in [2.24, 2.45) is 5.92 Å². The molecule has 0 aromatic heterocycles. The fourth-order valence-electron chi connectivity index (χ4n) is 8.24. The number of urea groups is 1. The molecule has 4 saturated heterocycles. The molecule has 0 aliphatic carbocycles. The molecule has 0 bridgehead atoms. The number of carbonyl (C=O) groups excluding carboxylic acids is 7. The van der Waals surface area contributed by atoms with E-state index in [1.165, 1.54) is 23.6 Å². The molecule has 0 radical (unpaired) electrons. The van der Waals surface area contributed by atoms with Crippen molar-refractivity contribution >= 4 is 47.2 Å². The second-order valence-electron chi connectivity index (χ2n) is 15.7. The smallest absolute Gasteiger partial charge is 0.329 e. The van der Waals surface area contributed by atoms with E-state index < -0.39 is 108 Å². The number of ether oxygens (including phenoxy) is 1. The van der Waals surface area contributed by atoms with Crippen LogP contribution < -0.4 is 21.3 Å². The molecular formula is C41H48F2N8O8. The number of benzene rings is 2. The van der Waals surface area contributed by atoms with Gasteiger partial charge in [-0.1, -0.05) is 17.7 Å². The Morgan fingerprint density at radius 2 is 1.54 bits per heavy atom. The number of hydrogen-bond acceptors (Lipinski definition) is 9. The van der Waals surface area contributed by atoms with Crippen molar-refractivity contribution in [3.05, 3.63) is 65.2 Å². The third kappa shape index (κ3) is 9.78. The molecule has 0 saturated carbocycles. The lowest BCUT2D eigenvalue weighted by Crippen LogP contribution is -2.63. The van der Waals surface area contributed by atoms with Crippen LogP contribution in [-0.2, 0) is 39.9 Å². The zero-order valence-electron chi connectivity index (χ0n) is 33.0. The summed E-state index contributed by atoms with van der Waals surface area (Å²) in [6.07, 6.45) is 0.197. The first-order valence-corrected chi connectivity index (χ1v) is 19.8. The third-order valence-corrected chi connectivity index (χ3v) is 11.3. The average molecular weight is 819 g/mol. The Morgan fingerprint density at radius 3 is 2.24 bits per heavy atom. The number of cyclic esters (lactones) is 1. The average Bonchev–Trinajstić information content (AvgIpc) is 3.87. The molecule has 314 valence electrons. The Balaban J connectivity index is 1.35. The quantitative estimate of drug-likeness (QED) is 0.314. The Morgan fingerprint density at radius 1 is 0.881 bits per heavy atom. The molecule has 2 aromatic rings. The lowest BCUT2D eigenvalue weighted by atomic mass is 9.99. The predicted octanol–water partition coefficient (Wildman–Crippen LogP) is 2.05. The first-order valence-electron chi connectivity index (χ1n) is 19.8. The van der Waals surface area contributed by atoms with Gasteiger partial charge < -0.3 is 40.7 Å². The summed E-state index contributed by atoms with van der Waals surface area (Å²) in [4.78, 5) is 102. The summed E-state index contributed by atoms with van der Waals surface area (Å²) in [6, 6.07) is 2.97. The molecule has 0 spiro atoms. The third-order valence-electron chi connectivity index (χ3n) is 11.3. The number of hydrogen-bond donors (Lipinski definition) is 4. The highest BCUT2D eigenvalue weighted by Crippen LogP contribution is 2.29. The second-order valence-corrected chi connectivity index (χ2v) is 15.7. The number of nitriles is 1. The minimum atomic E-state index is -1.68. The molecule has 4 fully saturated rings. The van der Waals surface area contributed by atoms with Gasteiger partial charge in [0.15, 0.2) is 0 Å². The van der Waals surface area contributed by atoms with Gasteiger partial charge in [0.05, 0.1) is 12.0 Å². The Hall–Kier alpha value is -6.12. The Kier molecular flexibility index (Phi) is 13.1. The molecule has 7 amide bonds. The van der Waals surface area contributed by atoms with Crippen LogP contribution >= 0.6 is 0 Å². The summed E-state index contributed by atoms with van der Waals surface area (Å²) in [6.45, 7) is 4.83. The van der Waals surface area contributed by atoms with Crippen LogP contribution in [0.3, 0.4) is 0 Å². The van der Waals surface area contributed by atoms with Crippen LogP contribution in [0.15, 0.2) is 42.5 Å². The summed E-state index contributed by atoms with van der Waals surface area (Å²) < 4.78 is 34.5. The van der Waals surface area contributed by atoms with Gasteiger partial charge in [-0.15, -0.1) is 0 Å². The summed E-state index contributed by atoms with van der Waals surface area (Å²) in [5.74, 6) is -7.09. The van der Waals surface area contributed by atoms with E-state index in [0.717, 1.165) is 22.6 Å². The van der Waals surface area contributed by atoms with E-state index in [-0.39, 0.29) is 38.0 Å². The number of rotatable bonds is 6. The van der Waals surface area contributed by atoms with Gasteiger partial charge in [-0.2, -0.15) is 5.26 Å². The summed E-state index contributed by atoms with van der Waals surface area (Å²) in [5, 5.41) is 20.2. The molecular weight excluding hydrogens is 770 g/mol. The van der Waals surface area contributed by atoms with Crippen molar-refractivity contribution in [2.45, 2.75) is 108 Å². The molecule has 59 heavy (non-hydrogen) atoms. The van der Waals surface area contributed by atoms with Gasteiger partial charge in [-0.3, -0.25) is 24.0 Å². The largest absolute Gasteiger partial charge is 0.458 e. The fraction of sp³-hybridized carbons (Fsp3) is 0.512. The zero-order valence-corrected chi connectivity index (χ0v) is 33.0. The highest BCUT2D eigenvalue weighted by Gasteiger charge is 2.48. The van der Waals surface area contributed by atoms with E-state index in [1.807, 2.05) is 6.92 Å². The van der Waals surface area contributed by atoms with Crippen LogP contribution in [0, 0.1) is 35.8 Å². The minimum absolute atomic E-state index is 0.000303. The molecule has 1 unspecified atom stereocenters. The van der Waals surface area contributed by atoms with Crippen molar-refractivity contribution in [1.82, 2.24) is 30.7 Å². The van der Waals surface area contributed by atoms with Gasteiger partial charge in [0.1, 0.15) is 54.0 Å². The summed E-state index contributed by atoms with van der Waals surface area (Å²) in [7, 11) is 0. The molecule has 4 aliphatic rings. The fourth-order valence-corrected chi connectivity index (χ4v) is 8.24. The highest BCUT2D eigenvalue weighted by molar-refractivity contribution is 5.99. The van der Waals surface area contributed by atoms with Crippen LogP contribution in [0.4, 0.5) is 19.3 Å². The summed E-state index contributed by atoms with van der Waals surface area (Å²) >= 11 is 0. The van der Waals surface area contributed by atoms with E-state index in [9.17, 15) is 47.6 Å². The van der Waals surface area contributed by atoms with E-state index in [2.05, 4.69) is 27.3 Å². The number of fused-ring (bicyclic) bond motifs is 3. The summed E-state index contributed by atoms with van der Waals surface area (Å²) in [5.41, 5.74) is 1.30. The van der Waals surface area contributed by atoms with Crippen LogP contribution in [0.5, 0.6) is 0 Å². The van der Waals surface area contributed by atoms with Crippen molar-refractivity contribution in [3.63, 3.8) is 0 Å². The number of nitrogens with zero attached hydrogens (tertiary/aromatic N) is 4. The standard InChI is InChI=1S/C41H48F2N8O8/c1-22-9-11-29(12-10-22)46-41(58)47-30(17-25-15-27(42)19-28(43)16-25)35(52)48-34-24(3)59-40(57)33-18-26(20-44)21-51(33)37(54)23(2)45-36(53)31-7-4-5-13-49(31)38(55)32-8-6-14-50(32)39(34)56/h9-12,15-16,19,23-24,26,30-34H,4-8,13-14,17-18,21H2,1-3H3,(H,45,53)(H,48,52)(H2,46,47,58)/t23-,24-,26-,30-,31-,32-,33-,34?/m0/s1. The number of esters is 1. The van der Waals surface area contributed by atoms with Gasteiger partial charge in [-0.25, -0.2) is 18.4 Å². The van der Waals surface area contributed by atoms with E-state index in [1.54, 1.807) is 24.3 Å². The van der Waals surface area contributed by atoms with Crippen molar-refractivity contribution in [1.29, 1.82) is 5.26 Å². The molecule has 16 nitrogen and oxygen atoms in total. The highest BCUT2D eigenvalue weighted by atomic mass is 19.1. The number of carbonyl (C=O) groups is 7. The number of piperidine rings is 1. The van der Waals surface area contributed by atoms with Gasteiger partial charge in [0.2, 0.25) is 29.5 Å². The van der Waals surface area contributed by atoms with Gasteiger partial charge in [-0.05, 0) is 89.1 Å². The maximum Gasteiger partial charge on any atom is 0.329 e. The lowest BCUT2D eigenvalue weighted by molar-refractivity contribution is -0.163. The van der Waals surface area contributed by atoms with Crippen molar-refractivity contribution in [3.8, 4) is 6.07 Å². The first-order chi connectivity index (χ1) is 28.1. The van der Waals surface area contributed by atoms with E-state index in [4.69, 9.17) is 4.74 Å². The SMILES string of the molecule is Cc1ccc(NC(=O)N[C@@H](Cc2cc(F)cc(F)c2)C(=O)NC2C(=O)N3CCC[C@H]3C(=O)N3CCCC[C@H]3C(=O)N[C@@H](C)C(=O)N3C[C@H](C#N)C[C@H]3C(=O)O[C@H]2C)cc1. The molecule has 2 aromatic carbocycles. The molecule has 4 aliphatic heterocycles. The molecule has 8 atom stereocenters. The number of amides is 7. The van der Waals surface area contributed by atoms with Crippen LogP contribution in [0.2, 0.25) is 0 Å². The zero-order chi connectivity index (χ0) is 42.5. The molecule has 18 heteroatoms. The van der Waals surface area contributed by atoms with E-state index >= 15 is 0 Å². The minimum Gasteiger partial charge on any atom is -0.458 e. The number of anilines is 1. The molecule has 4 N–H and O–H groups in total. The lowest BCUT2D eigenvalue weighted by Gasteiger charge is -2.39. The monoisotopic (exact) mass is 818 g/mol. The normalized spacial score (nSPS) is 27.1. The van der Waals surface area contributed by atoms with Crippen LogP contribution in [0.1, 0.15) is 63.5 Å². The van der Waals surface area contributed by atoms with Gasteiger partial charge in [0, 0.05) is 37.8 Å². The first kappa shape index (κ1) is 42.5. The van der Waals surface area contributed by atoms with Crippen LogP contribution in [-0.4, -0.2) is 118 Å². The maximum absolute atomic E-state index is 14.7. The second kappa shape index (κ2) is 18.2. The number of halogens is 2. The van der Waals surface area contributed by atoms with Gasteiger partial charge >= 0.3 is 12.0 Å². The van der Waals surface area contributed by atoms with Crippen molar-refractivity contribution < 1.29 is 47.1 Å². The number of nitrogens with one attached hydrogen (secondary N) is 4. The topological polar surface area (TPSA) is 210 Å². The predicted molar refractivity (Wildman–Crippen MR) is 206 cm³/mol. The molecule has 4 heterocycles. The number of aryl methyl sites for hydroxylation is 1. The van der Waals surface area contributed by atoms with E-state index in [0.29, 0.717) is 37.4 Å². The Labute approximate surface area is 339 Å².